The molecule has 0 saturated carbocycles. The molecule has 0 aromatic heterocycles. The summed E-state index contributed by atoms with van der Waals surface area (Å²) in [5.41, 5.74) is 0.298. The zero-order chi connectivity index (χ0) is 23.4. The van der Waals surface area contributed by atoms with Crippen LogP contribution in [0.3, 0.4) is 0 Å². The van der Waals surface area contributed by atoms with Gasteiger partial charge in [-0.25, -0.2) is 8.78 Å². The lowest BCUT2D eigenvalue weighted by Gasteiger charge is -2.29. The molecule has 3 aromatic carbocycles. The van der Waals surface area contributed by atoms with Gasteiger partial charge in [0.15, 0.2) is 0 Å². The van der Waals surface area contributed by atoms with Crippen LogP contribution in [0.1, 0.15) is 10.4 Å². The Balaban J connectivity index is 1.60. The highest BCUT2D eigenvalue weighted by Gasteiger charge is 2.20. The van der Waals surface area contributed by atoms with Crippen molar-refractivity contribution in [3.05, 3.63) is 88.0 Å². The van der Waals surface area contributed by atoms with Crippen molar-refractivity contribution < 1.29 is 23.2 Å². The normalized spacial score (nSPS) is 13.6. The summed E-state index contributed by atoms with van der Waals surface area (Å²) >= 11 is 0.974. The zero-order valence-corrected chi connectivity index (χ0v) is 18.1. The monoisotopic (exact) mass is 471 g/mol. The SMILES string of the molecule is O=C(Nc1ccc(N2CCOCC2)c(F)c1)c1cc([N+](=O)[O-])ccc1Sc1ccccc1F. The standard InChI is InChI=1S/C23H19F2N3O4S/c24-18-3-1-2-4-22(18)33-21-8-6-16(28(30)31)14-17(21)23(29)26-15-5-7-20(19(25)13-15)27-9-11-32-12-10-27/h1-8,13-14H,9-12H2,(H,26,29). The minimum absolute atomic E-state index is 0.0184. The van der Waals surface area contributed by atoms with Gasteiger partial charge in [-0.3, -0.25) is 14.9 Å². The van der Waals surface area contributed by atoms with Crippen LogP contribution >= 0.6 is 11.8 Å². The van der Waals surface area contributed by atoms with Gasteiger partial charge in [0.2, 0.25) is 0 Å². The van der Waals surface area contributed by atoms with E-state index in [1.165, 1.54) is 30.3 Å². The van der Waals surface area contributed by atoms with Crippen LogP contribution < -0.4 is 10.2 Å². The Morgan fingerprint density at radius 2 is 1.76 bits per heavy atom. The van der Waals surface area contributed by atoms with Crippen LogP contribution in [0.5, 0.6) is 0 Å². The van der Waals surface area contributed by atoms with Crippen molar-refractivity contribution in [3.63, 3.8) is 0 Å². The highest BCUT2D eigenvalue weighted by Crippen LogP contribution is 2.34. The van der Waals surface area contributed by atoms with Crippen LogP contribution in [-0.2, 0) is 4.74 Å². The van der Waals surface area contributed by atoms with Crippen molar-refractivity contribution in [1.29, 1.82) is 0 Å². The number of carbonyl (C=O) groups is 1. The van der Waals surface area contributed by atoms with E-state index in [9.17, 15) is 23.7 Å². The second-order valence-corrected chi connectivity index (χ2v) is 8.27. The molecule has 10 heteroatoms. The molecular formula is C23H19F2N3O4S. The number of anilines is 2. The summed E-state index contributed by atoms with van der Waals surface area (Å²) < 4.78 is 34.1. The van der Waals surface area contributed by atoms with Gasteiger partial charge in [0.05, 0.1) is 29.4 Å². The zero-order valence-electron chi connectivity index (χ0n) is 17.3. The second-order valence-electron chi connectivity index (χ2n) is 7.19. The molecule has 1 heterocycles. The minimum Gasteiger partial charge on any atom is -0.378 e. The summed E-state index contributed by atoms with van der Waals surface area (Å²) in [5, 5.41) is 13.8. The van der Waals surface area contributed by atoms with E-state index in [-0.39, 0.29) is 21.8 Å². The molecule has 1 aliphatic heterocycles. The fourth-order valence-electron chi connectivity index (χ4n) is 3.39. The van der Waals surface area contributed by atoms with Crippen molar-refractivity contribution >= 4 is 34.7 Å². The molecule has 1 fully saturated rings. The number of ether oxygens (including phenoxy) is 1. The molecule has 0 radical (unpaired) electrons. The maximum Gasteiger partial charge on any atom is 0.270 e. The van der Waals surface area contributed by atoms with Gasteiger partial charge in [0, 0.05) is 40.7 Å². The summed E-state index contributed by atoms with van der Waals surface area (Å²) in [6.07, 6.45) is 0. The van der Waals surface area contributed by atoms with E-state index < -0.39 is 22.5 Å². The van der Waals surface area contributed by atoms with E-state index in [1.807, 2.05) is 4.90 Å². The van der Waals surface area contributed by atoms with Crippen LogP contribution in [-0.4, -0.2) is 37.1 Å². The summed E-state index contributed by atoms with van der Waals surface area (Å²) in [6.45, 7) is 2.14. The lowest BCUT2D eigenvalue weighted by atomic mass is 10.1. The summed E-state index contributed by atoms with van der Waals surface area (Å²) in [4.78, 5) is 26.1. The number of carbonyl (C=O) groups excluding carboxylic acids is 1. The number of hydrogen-bond donors (Lipinski definition) is 1. The van der Waals surface area contributed by atoms with Gasteiger partial charge in [0.25, 0.3) is 11.6 Å². The predicted molar refractivity (Wildman–Crippen MR) is 121 cm³/mol. The van der Waals surface area contributed by atoms with Gasteiger partial charge in [-0.15, -0.1) is 0 Å². The average Bonchev–Trinajstić information content (AvgIpc) is 2.81. The van der Waals surface area contributed by atoms with Gasteiger partial charge in [-0.2, -0.15) is 0 Å². The third-order valence-corrected chi connectivity index (χ3v) is 6.16. The lowest BCUT2D eigenvalue weighted by Crippen LogP contribution is -2.36. The van der Waals surface area contributed by atoms with Crippen LogP contribution in [0.4, 0.5) is 25.8 Å². The fraction of sp³-hybridized carbons (Fsp3) is 0.174. The smallest absolute Gasteiger partial charge is 0.270 e. The Hall–Kier alpha value is -3.50. The first-order valence-corrected chi connectivity index (χ1v) is 10.9. The molecule has 0 spiro atoms. The Morgan fingerprint density at radius 3 is 2.45 bits per heavy atom. The first-order valence-electron chi connectivity index (χ1n) is 10.1. The van der Waals surface area contributed by atoms with Gasteiger partial charge in [0.1, 0.15) is 11.6 Å². The van der Waals surface area contributed by atoms with Gasteiger partial charge in [-0.05, 0) is 36.4 Å². The summed E-state index contributed by atoms with van der Waals surface area (Å²) in [6, 6.07) is 14.1. The van der Waals surface area contributed by atoms with E-state index in [4.69, 9.17) is 4.74 Å². The molecule has 7 nitrogen and oxygen atoms in total. The Morgan fingerprint density at radius 1 is 1.00 bits per heavy atom. The average molecular weight is 471 g/mol. The molecule has 1 aliphatic rings. The van der Waals surface area contributed by atoms with E-state index in [1.54, 1.807) is 24.3 Å². The number of hydrogen-bond acceptors (Lipinski definition) is 6. The fourth-order valence-corrected chi connectivity index (χ4v) is 4.33. The Kier molecular flexibility index (Phi) is 6.85. The number of nitro groups is 1. The van der Waals surface area contributed by atoms with E-state index >= 15 is 0 Å². The number of rotatable bonds is 6. The first-order chi connectivity index (χ1) is 15.9. The number of morpholine rings is 1. The second kappa shape index (κ2) is 9.97. The maximum atomic E-state index is 14.7. The van der Waals surface area contributed by atoms with Crippen LogP contribution in [0.2, 0.25) is 0 Å². The van der Waals surface area contributed by atoms with Crippen molar-refractivity contribution in [2.24, 2.45) is 0 Å². The molecule has 0 atom stereocenters. The third kappa shape index (κ3) is 5.29. The summed E-state index contributed by atoms with van der Waals surface area (Å²) in [7, 11) is 0. The van der Waals surface area contributed by atoms with Gasteiger partial charge < -0.3 is 15.0 Å². The third-order valence-electron chi connectivity index (χ3n) is 5.03. The number of amides is 1. The molecule has 1 amide bonds. The van der Waals surface area contributed by atoms with Gasteiger partial charge >= 0.3 is 0 Å². The number of non-ortho nitro benzene ring substituents is 1. The van der Waals surface area contributed by atoms with Crippen molar-refractivity contribution in [3.8, 4) is 0 Å². The van der Waals surface area contributed by atoms with Crippen LogP contribution in [0.15, 0.2) is 70.5 Å². The quantitative estimate of drug-likeness (QED) is 0.397. The number of benzene rings is 3. The number of nitrogens with one attached hydrogen (secondary N) is 1. The molecule has 4 rings (SSSR count). The first kappa shape index (κ1) is 22.7. The van der Waals surface area contributed by atoms with Crippen molar-refractivity contribution in [1.82, 2.24) is 0 Å². The lowest BCUT2D eigenvalue weighted by molar-refractivity contribution is -0.384. The molecule has 3 aromatic rings. The Bertz CT molecular complexity index is 1200. The highest BCUT2D eigenvalue weighted by atomic mass is 32.2. The van der Waals surface area contributed by atoms with Gasteiger partial charge in [-0.1, -0.05) is 23.9 Å². The van der Waals surface area contributed by atoms with Crippen LogP contribution in [0, 0.1) is 21.7 Å². The van der Waals surface area contributed by atoms with Crippen LogP contribution in [0.25, 0.3) is 0 Å². The number of halogens is 2. The molecule has 0 bridgehead atoms. The molecule has 1 N–H and O–H groups in total. The minimum atomic E-state index is -0.670. The topological polar surface area (TPSA) is 84.7 Å². The van der Waals surface area contributed by atoms with E-state index in [0.717, 1.165) is 17.8 Å². The molecular weight excluding hydrogens is 452 g/mol. The van der Waals surface area contributed by atoms with E-state index in [2.05, 4.69) is 5.32 Å². The number of nitrogens with zero attached hydrogens (tertiary/aromatic N) is 2. The number of nitro benzene ring substituents is 1. The molecule has 1 saturated heterocycles. The highest BCUT2D eigenvalue weighted by molar-refractivity contribution is 7.99. The maximum absolute atomic E-state index is 14.7. The summed E-state index contributed by atoms with van der Waals surface area (Å²) in [5.74, 6) is -1.65. The Labute approximate surface area is 192 Å². The van der Waals surface area contributed by atoms with Crippen molar-refractivity contribution in [2.75, 3.05) is 36.5 Å². The predicted octanol–water partition coefficient (Wildman–Crippen LogP) is 5.11. The molecule has 33 heavy (non-hydrogen) atoms. The molecule has 0 unspecified atom stereocenters. The molecule has 0 aliphatic carbocycles. The largest absolute Gasteiger partial charge is 0.378 e. The van der Waals surface area contributed by atoms with Crippen molar-refractivity contribution in [2.45, 2.75) is 9.79 Å². The molecule has 170 valence electrons. The van der Waals surface area contributed by atoms with E-state index in [0.29, 0.717) is 36.9 Å².